The van der Waals surface area contributed by atoms with E-state index < -0.39 is 0 Å². The van der Waals surface area contributed by atoms with Gasteiger partial charge in [-0.05, 0) is 13.8 Å². The highest BCUT2D eigenvalue weighted by Crippen LogP contribution is 2.12. The molecule has 6 nitrogen and oxygen atoms in total. The molecular formula is C10H13N3O3. The van der Waals surface area contributed by atoms with Crippen LogP contribution >= 0.6 is 0 Å². The topological polar surface area (TPSA) is 75.4 Å². The second-order valence-corrected chi connectivity index (χ2v) is 3.77. The summed E-state index contributed by atoms with van der Waals surface area (Å²) in [4.78, 5) is 28.0. The van der Waals surface area contributed by atoms with Gasteiger partial charge in [-0.25, -0.2) is 9.78 Å². The zero-order valence-electron chi connectivity index (χ0n) is 9.24. The van der Waals surface area contributed by atoms with Crippen LogP contribution in [0.2, 0.25) is 0 Å². The fraction of sp³-hybridized carbons (Fsp3) is 0.500. The molecule has 1 aromatic rings. The Morgan fingerprint density at radius 2 is 2.19 bits per heavy atom. The van der Waals surface area contributed by atoms with E-state index in [-0.39, 0.29) is 11.9 Å². The fourth-order valence-electron chi connectivity index (χ4n) is 1.52. The van der Waals surface area contributed by atoms with Crippen molar-refractivity contribution in [3.8, 4) is 0 Å². The van der Waals surface area contributed by atoms with Crippen LogP contribution in [0.15, 0.2) is 4.42 Å². The highest BCUT2D eigenvalue weighted by Gasteiger charge is 2.24. The number of hydrogen-bond acceptors (Lipinski definition) is 4. The van der Waals surface area contributed by atoms with E-state index in [1.807, 2.05) is 13.8 Å². The molecule has 16 heavy (non-hydrogen) atoms. The predicted octanol–water partition coefficient (Wildman–Crippen LogP) is 0.733. The van der Waals surface area contributed by atoms with E-state index >= 15 is 0 Å². The Balaban J connectivity index is 2.04. The van der Waals surface area contributed by atoms with Gasteiger partial charge in [0.15, 0.2) is 0 Å². The number of carbonyl (C=O) groups excluding carboxylic acids is 2. The molecule has 0 saturated carbocycles. The van der Waals surface area contributed by atoms with Crippen LogP contribution in [0.3, 0.4) is 0 Å². The molecule has 1 fully saturated rings. The molecule has 1 aromatic heterocycles. The average molecular weight is 223 g/mol. The largest absolute Gasteiger partial charge is 0.444 e. The van der Waals surface area contributed by atoms with E-state index in [4.69, 9.17) is 4.42 Å². The minimum Gasteiger partial charge on any atom is -0.444 e. The van der Waals surface area contributed by atoms with Crippen LogP contribution in [0, 0.1) is 13.8 Å². The summed E-state index contributed by atoms with van der Waals surface area (Å²) in [5.41, 5.74) is 0.823. The molecule has 86 valence electrons. The first-order chi connectivity index (χ1) is 7.56. The monoisotopic (exact) mass is 223 g/mol. The molecular weight excluding hydrogens is 210 g/mol. The summed E-state index contributed by atoms with van der Waals surface area (Å²) in [5.74, 6) is 1.02. The summed E-state index contributed by atoms with van der Waals surface area (Å²) in [5, 5.41) is 2.25. The number of oxazole rings is 1. The standard InChI is InChI=1S/C10H13N3O3/c1-6-7(2)16-9(11-6)5-13-4-3-8(14)12-10(13)15/h3-5H2,1-2H3,(H,12,14,15). The third-order valence-corrected chi connectivity index (χ3v) is 2.54. The van der Waals surface area contributed by atoms with Crippen molar-refractivity contribution in [3.05, 3.63) is 17.3 Å². The number of nitrogens with zero attached hydrogens (tertiary/aromatic N) is 2. The lowest BCUT2D eigenvalue weighted by atomic mass is 10.3. The zero-order chi connectivity index (χ0) is 11.7. The minimum atomic E-state index is -0.384. The molecule has 1 N–H and O–H groups in total. The predicted molar refractivity (Wildman–Crippen MR) is 54.5 cm³/mol. The van der Waals surface area contributed by atoms with Crippen molar-refractivity contribution in [2.75, 3.05) is 6.54 Å². The van der Waals surface area contributed by atoms with Gasteiger partial charge in [0.1, 0.15) is 5.76 Å². The Bertz CT molecular complexity index is 419. The first-order valence-corrected chi connectivity index (χ1v) is 5.08. The van der Waals surface area contributed by atoms with Crippen LogP contribution < -0.4 is 5.32 Å². The molecule has 0 atom stereocenters. The molecule has 0 spiro atoms. The van der Waals surface area contributed by atoms with E-state index in [0.29, 0.717) is 25.4 Å². The molecule has 6 heteroatoms. The molecule has 2 rings (SSSR count). The minimum absolute atomic E-state index is 0.235. The molecule has 1 aliphatic heterocycles. The van der Waals surface area contributed by atoms with Gasteiger partial charge < -0.3 is 9.32 Å². The maximum absolute atomic E-state index is 11.4. The Kier molecular flexibility index (Phi) is 2.64. The summed E-state index contributed by atoms with van der Waals surface area (Å²) in [6.45, 7) is 4.38. The quantitative estimate of drug-likeness (QED) is 0.802. The lowest BCUT2D eigenvalue weighted by molar-refractivity contribution is -0.121. The number of amides is 3. The fourth-order valence-corrected chi connectivity index (χ4v) is 1.52. The summed E-state index contributed by atoms with van der Waals surface area (Å²) >= 11 is 0. The molecule has 0 radical (unpaired) electrons. The number of imide groups is 1. The number of rotatable bonds is 2. The third-order valence-electron chi connectivity index (χ3n) is 2.54. The number of urea groups is 1. The van der Waals surface area contributed by atoms with E-state index in [1.54, 1.807) is 0 Å². The van der Waals surface area contributed by atoms with Gasteiger partial charge in [-0.1, -0.05) is 0 Å². The summed E-state index contributed by atoms with van der Waals surface area (Å²) in [7, 11) is 0. The van der Waals surface area contributed by atoms with Gasteiger partial charge in [-0.2, -0.15) is 0 Å². The Labute approximate surface area is 92.6 Å². The SMILES string of the molecule is Cc1nc(CN2CCC(=O)NC2=O)oc1C. The number of carbonyl (C=O) groups is 2. The van der Waals surface area contributed by atoms with Crippen molar-refractivity contribution in [1.82, 2.24) is 15.2 Å². The number of nitrogens with one attached hydrogen (secondary N) is 1. The number of hydrogen-bond donors (Lipinski definition) is 1. The molecule has 2 heterocycles. The second kappa shape index (κ2) is 3.96. The lowest BCUT2D eigenvalue weighted by Gasteiger charge is -2.24. The van der Waals surface area contributed by atoms with Crippen LogP contribution in [-0.4, -0.2) is 28.4 Å². The first kappa shape index (κ1) is 10.7. The Hall–Kier alpha value is -1.85. The van der Waals surface area contributed by atoms with Gasteiger partial charge in [0.2, 0.25) is 11.8 Å². The van der Waals surface area contributed by atoms with Crippen LogP contribution in [-0.2, 0) is 11.3 Å². The molecule has 0 bridgehead atoms. The highest BCUT2D eigenvalue weighted by molar-refractivity contribution is 5.96. The lowest BCUT2D eigenvalue weighted by Crippen LogP contribution is -2.48. The van der Waals surface area contributed by atoms with Gasteiger partial charge in [0.25, 0.3) is 0 Å². The van der Waals surface area contributed by atoms with E-state index in [0.717, 1.165) is 11.5 Å². The zero-order valence-corrected chi connectivity index (χ0v) is 9.24. The second-order valence-electron chi connectivity index (χ2n) is 3.77. The highest BCUT2D eigenvalue weighted by atomic mass is 16.4. The Morgan fingerprint density at radius 1 is 1.44 bits per heavy atom. The van der Waals surface area contributed by atoms with Crippen LogP contribution in [0.1, 0.15) is 23.8 Å². The van der Waals surface area contributed by atoms with Crippen molar-refractivity contribution in [2.24, 2.45) is 0 Å². The van der Waals surface area contributed by atoms with E-state index in [2.05, 4.69) is 10.3 Å². The van der Waals surface area contributed by atoms with Gasteiger partial charge in [0, 0.05) is 13.0 Å². The van der Waals surface area contributed by atoms with Crippen molar-refractivity contribution in [2.45, 2.75) is 26.8 Å². The number of aromatic nitrogens is 1. The maximum atomic E-state index is 11.4. The maximum Gasteiger partial charge on any atom is 0.324 e. The van der Waals surface area contributed by atoms with Crippen LogP contribution in [0.25, 0.3) is 0 Å². The molecule has 1 aliphatic rings. The van der Waals surface area contributed by atoms with Gasteiger partial charge in [-0.15, -0.1) is 0 Å². The summed E-state index contributed by atoms with van der Waals surface area (Å²) in [6, 6.07) is -0.384. The smallest absolute Gasteiger partial charge is 0.324 e. The van der Waals surface area contributed by atoms with E-state index in [1.165, 1.54) is 4.90 Å². The molecule has 3 amide bonds. The average Bonchev–Trinajstić information content (AvgIpc) is 2.51. The summed E-state index contributed by atoms with van der Waals surface area (Å²) in [6.07, 6.45) is 0.324. The molecule has 1 saturated heterocycles. The van der Waals surface area contributed by atoms with Crippen molar-refractivity contribution < 1.29 is 14.0 Å². The van der Waals surface area contributed by atoms with Gasteiger partial charge in [-0.3, -0.25) is 10.1 Å². The van der Waals surface area contributed by atoms with Gasteiger partial charge in [0.05, 0.1) is 12.2 Å². The molecule has 0 unspecified atom stereocenters. The van der Waals surface area contributed by atoms with Crippen molar-refractivity contribution >= 4 is 11.9 Å². The normalized spacial score (nSPS) is 16.5. The van der Waals surface area contributed by atoms with Crippen LogP contribution in [0.5, 0.6) is 0 Å². The number of aryl methyl sites for hydroxylation is 2. The van der Waals surface area contributed by atoms with E-state index in [9.17, 15) is 9.59 Å². The van der Waals surface area contributed by atoms with Crippen LogP contribution in [0.4, 0.5) is 4.79 Å². The van der Waals surface area contributed by atoms with Crippen molar-refractivity contribution in [3.63, 3.8) is 0 Å². The molecule has 0 aromatic carbocycles. The summed E-state index contributed by atoms with van der Waals surface area (Å²) < 4.78 is 5.37. The third kappa shape index (κ3) is 2.05. The van der Waals surface area contributed by atoms with Crippen molar-refractivity contribution in [1.29, 1.82) is 0 Å². The first-order valence-electron chi connectivity index (χ1n) is 5.08. The molecule has 0 aliphatic carbocycles. The van der Waals surface area contributed by atoms with Gasteiger partial charge >= 0.3 is 6.03 Å². The Morgan fingerprint density at radius 3 is 2.75 bits per heavy atom.